The summed E-state index contributed by atoms with van der Waals surface area (Å²) >= 11 is 0. The van der Waals surface area contributed by atoms with Gasteiger partial charge in [0.2, 0.25) is 0 Å². The van der Waals surface area contributed by atoms with Gasteiger partial charge in [-0.3, -0.25) is 0 Å². The normalized spacial score (nSPS) is 12.1. The lowest BCUT2D eigenvalue weighted by Crippen LogP contribution is -2.55. The Labute approximate surface area is 264 Å². The number of hydrogen-bond acceptors (Lipinski definition) is 9. The van der Waals surface area contributed by atoms with Gasteiger partial charge in [0.15, 0.2) is 0 Å². The van der Waals surface area contributed by atoms with Gasteiger partial charge in [0.25, 0.3) is 9.24 Å². The highest BCUT2D eigenvalue weighted by Gasteiger charge is 2.42. The molecule has 1 N–H and O–H groups in total. The molecule has 0 aromatic carbocycles. The largest absolute Gasteiger partial charge is 0.351 e. The first-order valence-electron chi connectivity index (χ1n) is 11.8. The van der Waals surface area contributed by atoms with Gasteiger partial charge >= 0.3 is 20.4 Å². The first kappa shape index (κ1) is 45.3. The Bertz CT molecular complexity index is 1470. The molecular formula is C23H50ClN9O6S3Si. The van der Waals surface area contributed by atoms with E-state index in [-0.39, 0.29) is 19.9 Å². The van der Waals surface area contributed by atoms with Crippen molar-refractivity contribution in [1.82, 2.24) is 40.8 Å². The van der Waals surface area contributed by atoms with Crippen molar-refractivity contribution in [2.75, 3.05) is 42.3 Å². The van der Waals surface area contributed by atoms with E-state index in [1.165, 1.54) is 75.5 Å². The van der Waals surface area contributed by atoms with E-state index < -0.39 is 37.7 Å². The molecule has 0 aliphatic rings. The number of H-pyrrole nitrogens is 1. The Morgan fingerprint density at radius 2 is 1.28 bits per heavy atom. The zero-order valence-corrected chi connectivity index (χ0v) is 29.5. The Hall–Kier alpha value is -2.13. The molecule has 0 bridgehead atoms. The lowest BCUT2D eigenvalue weighted by atomic mass is 10.2. The van der Waals surface area contributed by atoms with E-state index >= 15 is 0 Å². The molecule has 3 heterocycles. The highest BCUT2D eigenvalue weighted by Crippen LogP contribution is 2.35. The van der Waals surface area contributed by atoms with Crippen LogP contribution in [-0.4, -0.2) is 116 Å². The monoisotopic (exact) mass is 707 g/mol. The van der Waals surface area contributed by atoms with Crippen LogP contribution < -0.4 is 5.45 Å². The summed E-state index contributed by atoms with van der Waals surface area (Å²) in [6.07, 6.45) is 12.2. The summed E-state index contributed by atoms with van der Waals surface area (Å²) in [7, 11) is 1.24. The molecule has 0 spiro atoms. The minimum Gasteiger partial charge on any atom is -0.351 e. The van der Waals surface area contributed by atoms with Crippen LogP contribution in [0.25, 0.3) is 0 Å². The smallest absolute Gasteiger partial charge is 0.308 e. The molecule has 3 aromatic rings. The quantitative estimate of drug-likeness (QED) is 0.298. The Kier molecular flexibility index (Phi) is 18.9. The van der Waals surface area contributed by atoms with Crippen LogP contribution >= 0.6 is 10.7 Å². The van der Waals surface area contributed by atoms with Crippen molar-refractivity contribution in [3.05, 3.63) is 49.8 Å². The third kappa shape index (κ3) is 13.6. The summed E-state index contributed by atoms with van der Waals surface area (Å²) in [4.78, 5) is 14.4. The van der Waals surface area contributed by atoms with Crippen molar-refractivity contribution in [2.45, 2.75) is 53.8 Å². The molecule has 0 atom stereocenters. The number of aromatic amines is 1. The molecule has 0 aliphatic heterocycles. The van der Waals surface area contributed by atoms with Crippen molar-refractivity contribution < 1.29 is 25.3 Å². The van der Waals surface area contributed by atoms with Crippen molar-refractivity contribution in [1.29, 1.82) is 0 Å². The molecule has 3 aromatic heterocycles. The maximum Gasteiger partial charge on any atom is 0.308 e. The highest BCUT2D eigenvalue weighted by molar-refractivity contribution is 8.11. The van der Waals surface area contributed by atoms with Gasteiger partial charge in [-0.05, 0) is 5.04 Å². The fraction of sp³-hybridized carbons (Fsp3) is 0.609. The molecule has 0 unspecified atom stereocenters. The van der Waals surface area contributed by atoms with E-state index in [1.54, 1.807) is 24.9 Å². The number of hydrogen-bond donors (Lipinski definition) is 1. The highest BCUT2D eigenvalue weighted by atomic mass is 35.7. The maximum atomic E-state index is 12.3. The molecule has 0 radical (unpaired) electrons. The molecule has 0 amide bonds. The maximum absolute atomic E-state index is 12.3. The molecule has 0 fully saturated rings. The summed E-state index contributed by atoms with van der Waals surface area (Å²) < 4.78 is 72.7. The van der Waals surface area contributed by atoms with Crippen LogP contribution in [0.4, 0.5) is 0 Å². The van der Waals surface area contributed by atoms with Crippen LogP contribution in [0, 0.1) is 0 Å². The van der Waals surface area contributed by atoms with E-state index in [1.807, 2.05) is 0 Å². The molecule has 0 aliphatic carbocycles. The molecule has 15 nitrogen and oxygen atoms in total. The minimum atomic E-state index is -3.49. The first-order valence-corrected chi connectivity index (χ1v) is 19.9. The summed E-state index contributed by atoms with van der Waals surface area (Å²) in [5.74, 6) is 0. The van der Waals surface area contributed by atoms with Gasteiger partial charge in [-0.2, -0.15) is 38.2 Å². The van der Waals surface area contributed by atoms with E-state index in [4.69, 9.17) is 10.7 Å². The molecule has 0 saturated heterocycles. The fourth-order valence-corrected chi connectivity index (χ4v) is 6.52. The lowest BCUT2D eigenvalue weighted by Gasteiger charge is -2.36. The Morgan fingerprint density at radius 1 is 0.791 bits per heavy atom. The van der Waals surface area contributed by atoms with Gasteiger partial charge in [-0.1, -0.05) is 48.7 Å². The molecule has 3 rings (SSSR count). The van der Waals surface area contributed by atoms with Crippen molar-refractivity contribution in [2.24, 2.45) is 0 Å². The number of aromatic nitrogens is 6. The minimum absolute atomic E-state index is 0. The number of imidazole rings is 3. The third-order valence-corrected chi connectivity index (χ3v) is 16.3. The zero-order chi connectivity index (χ0) is 32.4. The van der Waals surface area contributed by atoms with Gasteiger partial charge in [0.05, 0.1) is 6.33 Å². The molecule has 20 heteroatoms. The standard InChI is InChI=1S/C11H23N3O2SSi.C5H9N3O2S.C3H4N2.C2H6ClNO2S.2CH4/c1-11(2,3)18(6,7)10-12-8-9-14(10)17(15,16)13(4)5;1-7(2)11(9,10)8-4-3-6-5-8;1-2-5-3-4-1;1-4(2)7(3,5)6;;/h8-9H,1-7H3;3-5H,1-2H3;1-3H,(H,4,5);1-2H3;2*1H4. The first-order chi connectivity index (χ1) is 18.4. The number of rotatable bonds is 6. The van der Waals surface area contributed by atoms with Crippen LogP contribution in [0.5, 0.6) is 0 Å². The summed E-state index contributed by atoms with van der Waals surface area (Å²) in [5, 5.41) is 0.0396. The van der Waals surface area contributed by atoms with E-state index in [9.17, 15) is 25.3 Å². The SMILES string of the molecule is C.C.CN(C)S(=O)(=O)Cl.CN(C)S(=O)(=O)n1ccnc1.CN(C)S(=O)(=O)n1ccnc1[Si](C)(C)C(C)(C)C.c1c[nH]cn1. The van der Waals surface area contributed by atoms with Crippen molar-refractivity contribution in [3.63, 3.8) is 0 Å². The van der Waals surface area contributed by atoms with Crippen LogP contribution in [0.2, 0.25) is 18.1 Å². The van der Waals surface area contributed by atoms with E-state index in [0.29, 0.717) is 5.45 Å². The number of nitrogens with one attached hydrogen (secondary N) is 1. The van der Waals surface area contributed by atoms with E-state index in [2.05, 4.69) is 53.8 Å². The van der Waals surface area contributed by atoms with Gasteiger partial charge in [-0.15, -0.1) is 0 Å². The topological polar surface area (TPSA) is 176 Å². The van der Waals surface area contributed by atoms with Crippen LogP contribution in [0.15, 0.2) is 49.8 Å². The van der Waals surface area contributed by atoms with E-state index in [0.717, 1.165) is 12.6 Å². The van der Waals surface area contributed by atoms with Crippen molar-refractivity contribution in [3.8, 4) is 0 Å². The van der Waals surface area contributed by atoms with Gasteiger partial charge in [-0.25, -0.2) is 22.9 Å². The number of nitrogens with zero attached hydrogens (tertiary/aromatic N) is 8. The van der Waals surface area contributed by atoms with Gasteiger partial charge in [0, 0.05) is 90.1 Å². The Morgan fingerprint density at radius 3 is 1.56 bits per heavy atom. The second-order valence-corrected chi connectivity index (χ2v) is 22.4. The lowest BCUT2D eigenvalue weighted by molar-refractivity contribution is 0.510. The average molecular weight is 708 g/mol. The van der Waals surface area contributed by atoms with Gasteiger partial charge in [0.1, 0.15) is 19.8 Å². The van der Waals surface area contributed by atoms with Crippen molar-refractivity contribution >= 4 is 53.9 Å². The zero-order valence-electron chi connectivity index (χ0n) is 25.2. The summed E-state index contributed by atoms with van der Waals surface area (Å²) in [6.45, 7) is 10.7. The average Bonchev–Trinajstić information content (AvgIpc) is 3.62. The third-order valence-electron chi connectivity index (χ3n) is 5.80. The molecule has 0 saturated carbocycles. The molecular weight excluding hydrogens is 658 g/mol. The van der Waals surface area contributed by atoms with Crippen LogP contribution in [0.1, 0.15) is 35.6 Å². The molecule has 252 valence electrons. The second-order valence-electron chi connectivity index (χ2n) is 10.4. The second kappa shape index (κ2) is 18.0. The summed E-state index contributed by atoms with van der Waals surface area (Å²) in [5.41, 5.74) is 0.698. The predicted octanol–water partition coefficient (Wildman–Crippen LogP) is 2.50. The fourth-order valence-electron chi connectivity index (χ4n) is 2.21. The Balaban J connectivity index is -0.000000545. The predicted molar refractivity (Wildman–Crippen MR) is 178 cm³/mol. The molecule has 43 heavy (non-hydrogen) atoms. The number of halogens is 1. The van der Waals surface area contributed by atoms with Crippen LogP contribution in [-0.2, 0) is 29.7 Å². The van der Waals surface area contributed by atoms with Crippen LogP contribution in [0.3, 0.4) is 0 Å². The van der Waals surface area contributed by atoms with Gasteiger partial charge < -0.3 is 4.98 Å². The summed E-state index contributed by atoms with van der Waals surface area (Å²) in [6, 6.07) is 0.